The van der Waals surface area contributed by atoms with Gasteiger partial charge >= 0.3 is 0 Å². The molecule has 9 aromatic carbocycles. The van der Waals surface area contributed by atoms with Crippen LogP contribution in [0.25, 0.3) is 75.8 Å². The highest BCUT2D eigenvalue weighted by Crippen LogP contribution is 2.57. The average molecular weight is 812 g/mol. The van der Waals surface area contributed by atoms with E-state index in [1.165, 1.54) is 98.1 Å². The fourth-order valence-corrected chi connectivity index (χ4v) is 12.1. The SMILES string of the molecule is CC1(C)c2ccccc2-c2c(-c3ccccc3N(c3ccccc3-c3ccc4sc5ccccc5c4c3)c3ccccc3-c3cccc4c3C(C)(C)c3ccccc3-4)cccc21. The molecule has 0 radical (unpaired) electrons. The first-order valence-corrected chi connectivity index (χ1v) is 22.6. The molecule has 0 spiro atoms. The molecule has 10 aromatic rings. The third-order valence-corrected chi connectivity index (χ3v) is 15.0. The molecule has 0 saturated heterocycles. The van der Waals surface area contributed by atoms with Crippen LogP contribution < -0.4 is 4.90 Å². The number of hydrogen-bond acceptors (Lipinski definition) is 2. The normalized spacial score (nSPS) is 14.1. The molecule has 1 heterocycles. The number of para-hydroxylation sites is 3. The van der Waals surface area contributed by atoms with E-state index < -0.39 is 0 Å². The predicted octanol–water partition coefficient (Wildman–Crippen LogP) is 17.1. The third kappa shape index (κ3) is 5.33. The van der Waals surface area contributed by atoms with Crippen LogP contribution >= 0.6 is 11.3 Å². The summed E-state index contributed by atoms with van der Waals surface area (Å²) in [6, 6.07) is 74.9. The topological polar surface area (TPSA) is 3.24 Å². The Morgan fingerprint density at radius 3 is 1.53 bits per heavy atom. The van der Waals surface area contributed by atoms with Crippen LogP contribution in [0.2, 0.25) is 0 Å². The number of nitrogens with zero attached hydrogens (tertiary/aromatic N) is 1. The molecule has 1 aromatic heterocycles. The van der Waals surface area contributed by atoms with E-state index in [0.717, 1.165) is 17.1 Å². The van der Waals surface area contributed by atoms with Gasteiger partial charge in [0.05, 0.1) is 17.1 Å². The Hall–Kier alpha value is -7.00. The van der Waals surface area contributed by atoms with Gasteiger partial charge in [0.15, 0.2) is 0 Å². The summed E-state index contributed by atoms with van der Waals surface area (Å²) in [6.07, 6.45) is 0. The highest BCUT2D eigenvalue weighted by Gasteiger charge is 2.39. The molecule has 1 nitrogen and oxygen atoms in total. The van der Waals surface area contributed by atoms with Crippen molar-refractivity contribution in [1.82, 2.24) is 0 Å². The maximum Gasteiger partial charge on any atom is 0.0540 e. The van der Waals surface area contributed by atoms with Gasteiger partial charge in [0, 0.05) is 47.7 Å². The molecular weight excluding hydrogens is 767 g/mol. The lowest BCUT2D eigenvalue weighted by Gasteiger charge is -2.33. The minimum Gasteiger partial charge on any atom is -0.309 e. The van der Waals surface area contributed by atoms with Crippen molar-refractivity contribution in [2.75, 3.05) is 4.90 Å². The van der Waals surface area contributed by atoms with Gasteiger partial charge in [-0.3, -0.25) is 0 Å². The maximum absolute atomic E-state index is 2.57. The van der Waals surface area contributed by atoms with E-state index >= 15 is 0 Å². The first-order valence-electron chi connectivity index (χ1n) is 21.8. The first kappa shape index (κ1) is 36.8. The van der Waals surface area contributed by atoms with Crippen LogP contribution in [0.4, 0.5) is 17.1 Å². The Morgan fingerprint density at radius 1 is 0.339 bits per heavy atom. The molecule has 0 saturated carbocycles. The van der Waals surface area contributed by atoms with E-state index in [1.54, 1.807) is 0 Å². The number of fused-ring (bicyclic) bond motifs is 9. The lowest BCUT2D eigenvalue weighted by molar-refractivity contribution is 0.660. The van der Waals surface area contributed by atoms with E-state index in [2.05, 4.69) is 233 Å². The van der Waals surface area contributed by atoms with Crippen LogP contribution in [0.15, 0.2) is 200 Å². The highest BCUT2D eigenvalue weighted by atomic mass is 32.1. The zero-order valence-corrected chi connectivity index (χ0v) is 36.2. The van der Waals surface area contributed by atoms with E-state index in [-0.39, 0.29) is 10.8 Å². The summed E-state index contributed by atoms with van der Waals surface area (Å²) in [6.45, 7) is 9.53. The standard InChI is InChI=1S/C60H45NS/c1-59(2)50-29-12-6-24-47(50)57-44(25-18-30-51(57)59)41-21-8-14-32-53(41)61(52-31-13-7-19-39(52)38-35-36-56-48(37-38)43-23-10-16-34-55(43)62-56)54-33-15-9-22-42(54)46-27-17-26-45-40-20-5-11-28-49(40)60(3,4)58(45)46/h5-37H,1-4H3. The molecular formula is C60H45NS. The molecule has 296 valence electrons. The van der Waals surface area contributed by atoms with Gasteiger partial charge in [-0.1, -0.05) is 191 Å². The molecule has 12 rings (SSSR count). The Balaban J connectivity index is 1.14. The van der Waals surface area contributed by atoms with Crippen molar-refractivity contribution in [2.24, 2.45) is 0 Å². The summed E-state index contributed by atoms with van der Waals surface area (Å²) < 4.78 is 2.63. The molecule has 0 bridgehead atoms. The molecule has 2 aliphatic rings. The largest absolute Gasteiger partial charge is 0.309 e. The van der Waals surface area contributed by atoms with Gasteiger partial charge in [-0.05, 0) is 97.6 Å². The van der Waals surface area contributed by atoms with Crippen molar-refractivity contribution >= 4 is 48.6 Å². The molecule has 0 atom stereocenters. The minimum atomic E-state index is -0.181. The number of rotatable bonds is 6. The van der Waals surface area contributed by atoms with Gasteiger partial charge in [0.25, 0.3) is 0 Å². The number of hydrogen-bond donors (Lipinski definition) is 0. The average Bonchev–Trinajstić information content (AvgIpc) is 3.89. The number of anilines is 3. The minimum absolute atomic E-state index is 0.113. The number of thiophene rings is 1. The summed E-state index contributed by atoms with van der Waals surface area (Å²) >= 11 is 1.87. The second kappa shape index (κ2) is 13.8. The van der Waals surface area contributed by atoms with Gasteiger partial charge in [-0.25, -0.2) is 0 Å². The van der Waals surface area contributed by atoms with Crippen molar-refractivity contribution in [3.05, 3.63) is 222 Å². The fourth-order valence-electron chi connectivity index (χ4n) is 11.0. The van der Waals surface area contributed by atoms with Crippen LogP contribution in [0.3, 0.4) is 0 Å². The Kier molecular flexibility index (Phi) is 8.17. The molecule has 0 aliphatic heterocycles. The summed E-state index contributed by atoms with van der Waals surface area (Å²) in [5, 5.41) is 2.61. The van der Waals surface area contributed by atoms with Crippen molar-refractivity contribution in [3.8, 4) is 55.6 Å². The van der Waals surface area contributed by atoms with E-state index in [1.807, 2.05) is 11.3 Å². The van der Waals surface area contributed by atoms with Crippen LogP contribution in [-0.2, 0) is 10.8 Å². The zero-order chi connectivity index (χ0) is 41.7. The highest BCUT2D eigenvalue weighted by molar-refractivity contribution is 7.25. The third-order valence-electron chi connectivity index (χ3n) is 13.9. The van der Waals surface area contributed by atoms with Crippen molar-refractivity contribution in [3.63, 3.8) is 0 Å². The van der Waals surface area contributed by atoms with Crippen molar-refractivity contribution < 1.29 is 0 Å². The number of benzene rings is 9. The van der Waals surface area contributed by atoms with Crippen LogP contribution in [0.1, 0.15) is 49.9 Å². The quantitative estimate of drug-likeness (QED) is 0.162. The van der Waals surface area contributed by atoms with Gasteiger partial charge < -0.3 is 4.90 Å². The smallest absolute Gasteiger partial charge is 0.0540 e. The lowest BCUT2D eigenvalue weighted by Crippen LogP contribution is -2.17. The zero-order valence-electron chi connectivity index (χ0n) is 35.4. The van der Waals surface area contributed by atoms with Gasteiger partial charge in [-0.15, -0.1) is 11.3 Å². The predicted molar refractivity (Wildman–Crippen MR) is 265 cm³/mol. The Bertz CT molecular complexity index is 3430. The van der Waals surface area contributed by atoms with Crippen LogP contribution in [0, 0.1) is 0 Å². The molecule has 0 amide bonds. The molecule has 62 heavy (non-hydrogen) atoms. The van der Waals surface area contributed by atoms with Gasteiger partial charge in [0.1, 0.15) is 0 Å². The summed E-state index contributed by atoms with van der Waals surface area (Å²) in [5.74, 6) is 0. The Labute approximate surface area is 368 Å². The van der Waals surface area contributed by atoms with Crippen LogP contribution in [-0.4, -0.2) is 0 Å². The van der Waals surface area contributed by atoms with Crippen molar-refractivity contribution in [1.29, 1.82) is 0 Å². The molecule has 0 unspecified atom stereocenters. The van der Waals surface area contributed by atoms with E-state index in [9.17, 15) is 0 Å². The summed E-state index contributed by atoms with van der Waals surface area (Å²) in [5.41, 5.74) is 21.2. The second-order valence-electron chi connectivity index (χ2n) is 18.0. The first-order chi connectivity index (χ1) is 30.3. The molecule has 2 heteroatoms. The fraction of sp³-hybridized carbons (Fsp3) is 0.100. The maximum atomic E-state index is 2.57. The van der Waals surface area contributed by atoms with E-state index in [0.29, 0.717) is 0 Å². The molecule has 2 aliphatic carbocycles. The summed E-state index contributed by atoms with van der Waals surface area (Å²) in [4.78, 5) is 2.57. The van der Waals surface area contributed by atoms with Gasteiger partial charge in [0.2, 0.25) is 0 Å². The van der Waals surface area contributed by atoms with E-state index in [4.69, 9.17) is 0 Å². The Morgan fingerprint density at radius 2 is 0.806 bits per heavy atom. The molecule has 0 N–H and O–H groups in total. The van der Waals surface area contributed by atoms with Gasteiger partial charge in [-0.2, -0.15) is 0 Å². The monoisotopic (exact) mass is 811 g/mol. The summed E-state index contributed by atoms with van der Waals surface area (Å²) in [7, 11) is 0. The van der Waals surface area contributed by atoms with Crippen LogP contribution in [0.5, 0.6) is 0 Å². The van der Waals surface area contributed by atoms with Crippen molar-refractivity contribution in [2.45, 2.75) is 38.5 Å². The lowest BCUT2D eigenvalue weighted by atomic mass is 9.78. The second-order valence-corrected chi connectivity index (χ2v) is 19.1. The molecule has 0 fully saturated rings.